The Balaban J connectivity index is 2.21. The van der Waals surface area contributed by atoms with Gasteiger partial charge in [0.2, 0.25) is 10.0 Å². The van der Waals surface area contributed by atoms with E-state index in [4.69, 9.17) is 5.11 Å². The van der Waals surface area contributed by atoms with Crippen molar-refractivity contribution in [1.82, 2.24) is 14.5 Å². The van der Waals surface area contributed by atoms with E-state index in [0.717, 1.165) is 19.3 Å². The summed E-state index contributed by atoms with van der Waals surface area (Å²) in [5, 5.41) is 13.2. The molecule has 0 amide bonds. The van der Waals surface area contributed by atoms with Crippen molar-refractivity contribution in [2.24, 2.45) is 5.92 Å². The molecule has 2 N–H and O–H groups in total. The van der Waals surface area contributed by atoms with Gasteiger partial charge in [-0.05, 0) is 45.4 Å². The van der Waals surface area contributed by atoms with Crippen molar-refractivity contribution in [2.45, 2.75) is 63.9 Å². The number of aryl methyl sites for hydroxylation is 2. The van der Waals surface area contributed by atoms with Crippen LogP contribution in [0.5, 0.6) is 0 Å². The second-order valence-electron chi connectivity index (χ2n) is 6.04. The van der Waals surface area contributed by atoms with E-state index in [1.807, 2.05) is 0 Å². The highest BCUT2D eigenvalue weighted by Crippen LogP contribution is 2.27. The Morgan fingerprint density at radius 1 is 1.38 bits per heavy atom. The minimum Gasteiger partial charge on any atom is -0.396 e. The van der Waals surface area contributed by atoms with E-state index in [-0.39, 0.29) is 12.6 Å². The summed E-state index contributed by atoms with van der Waals surface area (Å²) in [4.78, 5) is 0.292. The van der Waals surface area contributed by atoms with Crippen molar-refractivity contribution in [2.75, 3.05) is 6.61 Å². The maximum absolute atomic E-state index is 12.6. The lowest BCUT2D eigenvalue weighted by molar-refractivity contribution is 0.276. The molecule has 120 valence electrons. The molecule has 7 heteroatoms. The first-order valence-electron chi connectivity index (χ1n) is 7.52. The number of aliphatic hydroxyl groups excluding tert-OH is 1. The van der Waals surface area contributed by atoms with E-state index in [9.17, 15) is 8.42 Å². The van der Waals surface area contributed by atoms with Crippen LogP contribution in [-0.2, 0) is 16.6 Å². The fourth-order valence-corrected chi connectivity index (χ4v) is 4.79. The van der Waals surface area contributed by atoms with Gasteiger partial charge in [-0.15, -0.1) is 0 Å². The lowest BCUT2D eigenvalue weighted by atomic mass is 10.1. The Hall–Kier alpha value is -0.920. The van der Waals surface area contributed by atoms with E-state index in [0.29, 0.717) is 35.2 Å². The van der Waals surface area contributed by atoms with Crippen molar-refractivity contribution in [3.63, 3.8) is 0 Å². The number of rotatable bonds is 6. The van der Waals surface area contributed by atoms with Gasteiger partial charge in [-0.3, -0.25) is 4.68 Å². The molecule has 0 radical (unpaired) electrons. The van der Waals surface area contributed by atoms with Crippen LogP contribution >= 0.6 is 0 Å². The molecule has 2 rings (SSSR count). The molecule has 0 aliphatic heterocycles. The summed E-state index contributed by atoms with van der Waals surface area (Å²) < 4.78 is 29.7. The molecule has 1 saturated carbocycles. The van der Waals surface area contributed by atoms with Gasteiger partial charge in [0.05, 0.1) is 11.4 Å². The van der Waals surface area contributed by atoms with Crippen LogP contribution < -0.4 is 4.72 Å². The van der Waals surface area contributed by atoms with Gasteiger partial charge in [-0.2, -0.15) is 5.10 Å². The van der Waals surface area contributed by atoms with Crippen LogP contribution in [0.2, 0.25) is 0 Å². The zero-order valence-electron chi connectivity index (χ0n) is 13.0. The van der Waals surface area contributed by atoms with Gasteiger partial charge in [-0.1, -0.05) is 6.92 Å². The molecule has 21 heavy (non-hydrogen) atoms. The standard InChI is InChI=1S/C14H25N3O3S/c1-10-5-6-13(9-10)16-21(19,20)14-11(2)15-17(12(14)3)7-4-8-18/h10,13,16,18H,4-9H2,1-3H3. The first-order chi connectivity index (χ1) is 9.85. The smallest absolute Gasteiger partial charge is 0.244 e. The predicted octanol–water partition coefficient (Wildman–Crippen LogP) is 1.35. The van der Waals surface area contributed by atoms with Crippen molar-refractivity contribution < 1.29 is 13.5 Å². The van der Waals surface area contributed by atoms with E-state index in [2.05, 4.69) is 16.7 Å². The Morgan fingerprint density at radius 2 is 2.10 bits per heavy atom. The summed E-state index contributed by atoms with van der Waals surface area (Å²) in [7, 11) is -3.53. The summed E-state index contributed by atoms with van der Waals surface area (Å²) in [6.45, 7) is 6.23. The highest BCUT2D eigenvalue weighted by atomic mass is 32.2. The second kappa shape index (κ2) is 6.46. The number of aromatic nitrogens is 2. The zero-order chi connectivity index (χ0) is 15.6. The molecule has 1 aliphatic rings. The van der Waals surface area contributed by atoms with Crippen LogP contribution in [0.15, 0.2) is 4.90 Å². The van der Waals surface area contributed by atoms with Gasteiger partial charge in [0.25, 0.3) is 0 Å². The number of hydrogen-bond donors (Lipinski definition) is 2. The molecule has 0 spiro atoms. The maximum atomic E-state index is 12.6. The van der Waals surface area contributed by atoms with Crippen LogP contribution in [-0.4, -0.2) is 36.0 Å². The van der Waals surface area contributed by atoms with Crippen LogP contribution in [0.1, 0.15) is 44.0 Å². The average Bonchev–Trinajstić information content (AvgIpc) is 2.90. The summed E-state index contributed by atoms with van der Waals surface area (Å²) in [5.41, 5.74) is 1.16. The van der Waals surface area contributed by atoms with Gasteiger partial charge in [0.15, 0.2) is 0 Å². The molecule has 1 aromatic rings. The van der Waals surface area contributed by atoms with E-state index >= 15 is 0 Å². The fraction of sp³-hybridized carbons (Fsp3) is 0.786. The molecule has 6 nitrogen and oxygen atoms in total. The predicted molar refractivity (Wildman–Crippen MR) is 80.5 cm³/mol. The maximum Gasteiger partial charge on any atom is 0.244 e. The average molecular weight is 315 g/mol. The normalized spacial score (nSPS) is 22.9. The largest absolute Gasteiger partial charge is 0.396 e. The van der Waals surface area contributed by atoms with Gasteiger partial charge in [0, 0.05) is 19.2 Å². The molecular weight excluding hydrogens is 290 g/mol. The quantitative estimate of drug-likeness (QED) is 0.830. The molecule has 1 heterocycles. The first kappa shape index (κ1) is 16.5. The Kier molecular flexibility index (Phi) is 5.06. The molecule has 0 aromatic carbocycles. The number of sulfonamides is 1. The van der Waals surface area contributed by atoms with Gasteiger partial charge in [0.1, 0.15) is 4.90 Å². The van der Waals surface area contributed by atoms with Crippen molar-refractivity contribution in [1.29, 1.82) is 0 Å². The highest BCUT2D eigenvalue weighted by molar-refractivity contribution is 7.89. The number of nitrogens with zero attached hydrogens (tertiary/aromatic N) is 2. The van der Waals surface area contributed by atoms with Gasteiger partial charge < -0.3 is 5.11 Å². The van der Waals surface area contributed by atoms with E-state index in [1.165, 1.54) is 0 Å². The van der Waals surface area contributed by atoms with Gasteiger partial charge >= 0.3 is 0 Å². The number of nitrogens with one attached hydrogen (secondary N) is 1. The van der Waals surface area contributed by atoms with Crippen LogP contribution in [0.3, 0.4) is 0 Å². The van der Waals surface area contributed by atoms with Crippen LogP contribution in [0, 0.1) is 19.8 Å². The highest BCUT2D eigenvalue weighted by Gasteiger charge is 2.30. The molecule has 1 aromatic heterocycles. The third kappa shape index (κ3) is 3.64. The fourth-order valence-electron chi connectivity index (χ4n) is 3.10. The van der Waals surface area contributed by atoms with Crippen molar-refractivity contribution in [3.8, 4) is 0 Å². The third-order valence-electron chi connectivity index (χ3n) is 4.13. The first-order valence-corrected chi connectivity index (χ1v) is 9.00. The molecular formula is C14H25N3O3S. The summed E-state index contributed by atoms with van der Waals surface area (Å²) in [6, 6.07) is 0.0320. The summed E-state index contributed by atoms with van der Waals surface area (Å²) in [5.74, 6) is 0.576. The second-order valence-corrected chi connectivity index (χ2v) is 7.69. The summed E-state index contributed by atoms with van der Waals surface area (Å²) in [6.07, 6.45) is 3.43. The zero-order valence-corrected chi connectivity index (χ0v) is 13.8. The topological polar surface area (TPSA) is 84.2 Å². The van der Waals surface area contributed by atoms with Crippen molar-refractivity contribution in [3.05, 3.63) is 11.4 Å². The molecule has 2 atom stereocenters. The Morgan fingerprint density at radius 3 is 2.67 bits per heavy atom. The third-order valence-corrected chi connectivity index (χ3v) is 5.90. The SMILES string of the molecule is Cc1nn(CCCO)c(C)c1S(=O)(=O)NC1CCC(C)C1. The molecule has 2 unspecified atom stereocenters. The minimum atomic E-state index is -3.53. The lowest BCUT2D eigenvalue weighted by Gasteiger charge is -2.13. The number of aliphatic hydroxyl groups is 1. The lowest BCUT2D eigenvalue weighted by Crippen LogP contribution is -2.33. The molecule has 1 aliphatic carbocycles. The molecule has 0 saturated heterocycles. The van der Waals surface area contributed by atoms with Crippen LogP contribution in [0.25, 0.3) is 0 Å². The molecule has 1 fully saturated rings. The van der Waals surface area contributed by atoms with Gasteiger partial charge in [-0.25, -0.2) is 13.1 Å². The van der Waals surface area contributed by atoms with Crippen LogP contribution in [0.4, 0.5) is 0 Å². The van der Waals surface area contributed by atoms with E-state index in [1.54, 1.807) is 18.5 Å². The van der Waals surface area contributed by atoms with E-state index < -0.39 is 10.0 Å². The van der Waals surface area contributed by atoms with Crippen molar-refractivity contribution >= 4 is 10.0 Å². The molecule has 0 bridgehead atoms. The monoisotopic (exact) mass is 315 g/mol. The Bertz CT molecular complexity index is 595. The minimum absolute atomic E-state index is 0.0320. The summed E-state index contributed by atoms with van der Waals surface area (Å²) >= 11 is 0. The number of hydrogen-bond acceptors (Lipinski definition) is 4. The Labute approximate surface area is 126 Å².